The van der Waals surface area contributed by atoms with Crippen molar-refractivity contribution in [2.45, 2.75) is 19.4 Å². The van der Waals surface area contributed by atoms with Crippen LogP contribution in [0.15, 0.2) is 18.2 Å². The Morgan fingerprint density at radius 3 is 2.89 bits per heavy atom. The molecule has 1 aliphatic rings. The Morgan fingerprint density at radius 1 is 1.44 bits per heavy atom. The molecule has 1 aliphatic carbocycles. The molecule has 2 nitrogen and oxygen atoms in total. The Kier molecular flexibility index (Phi) is 4.35. The van der Waals surface area contributed by atoms with Gasteiger partial charge in [-0.3, -0.25) is 0 Å². The van der Waals surface area contributed by atoms with Crippen LogP contribution in [0.5, 0.6) is 0 Å². The fourth-order valence-corrected chi connectivity index (χ4v) is 2.03. The van der Waals surface area contributed by atoms with Gasteiger partial charge in [-0.2, -0.15) is 0 Å². The highest BCUT2D eigenvalue weighted by atomic mass is 19.1. The van der Waals surface area contributed by atoms with Crippen LogP contribution in [0.4, 0.5) is 4.39 Å². The van der Waals surface area contributed by atoms with Crippen LogP contribution in [0, 0.1) is 23.6 Å². The smallest absolute Gasteiger partial charge is 0.138 e. The van der Waals surface area contributed by atoms with E-state index in [-0.39, 0.29) is 12.4 Å². The molecule has 0 unspecified atom stereocenters. The summed E-state index contributed by atoms with van der Waals surface area (Å²) in [7, 11) is 2.10. The quantitative estimate of drug-likeness (QED) is 0.823. The van der Waals surface area contributed by atoms with Crippen LogP contribution in [0.2, 0.25) is 0 Å². The molecule has 3 heteroatoms. The van der Waals surface area contributed by atoms with Crippen molar-refractivity contribution in [3.63, 3.8) is 0 Å². The largest absolute Gasteiger partial charge is 0.320 e. The van der Waals surface area contributed by atoms with E-state index in [9.17, 15) is 4.39 Å². The third kappa shape index (κ3) is 3.83. The van der Waals surface area contributed by atoms with E-state index in [4.69, 9.17) is 5.73 Å². The first-order valence-electron chi connectivity index (χ1n) is 6.35. The Bertz CT molecular complexity index is 469. The summed E-state index contributed by atoms with van der Waals surface area (Å²) in [5, 5.41) is 0. The van der Waals surface area contributed by atoms with Crippen LogP contribution in [-0.2, 0) is 6.54 Å². The number of hydrogen-bond donors (Lipinski definition) is 1. The van der Waals surface area contributed by atoms with Gasteiger partial charge in [0.05, 0.1) is 12.1 Å². The maximum Gasteiger partial charge on any atom is 0.138 e. The molecule has 0 spiro atoms. The highest BCUT2D eigenvalue weighted by molar-refractivity contribution is 5.38. The maximum atomic E-state index is 13.5. The fourth-order valence-electron chi connectivity index (χ4n) is 2.03. The van der Waals surface area contributed by atoms with Crippen molar-refractivity contribution in [3.05, 3.63) is 35.1 Å². The Hall–Kier alpha value is -1.37. The lowest BCUT2D eigenvalue weighted by atomic mass is 10.1. The summed E-state index contributed by atoms with van der Waals surface area (Å²) in [4.78, 5) is 2.28. The summed E-state index contributed by atoms with van der Waals surface area (Å²) in [5.74, 6) is 6.06. The van der Waals surface area contributed by atoms with Crippen molar-refractivity contribution in [2.75, 3.05) is 20.1 Å². The van der Waals surface area contributed by atoms with Gasteiger partial charge in [-0.05, 0) is 43.5 Å². The highest BCUT2D eigenvalue weighted by Crippen LogP contribution is 2.29. The molecule has 0 saturated heterocycles. The van der Waals surface area contributed by atoms with Gasteiger partial charge in [0.15, 0.2) is 0 Å². The second-order valence-electron chi connectivity index (χ2n) is 4.96. The van der Waals surface area contributed by atoms with Gasteiger partial charge in [0.1, 0.15) is 5.82 Å². The SMILES string of the molecule is CN(Cc1ccc(F)c(C#CCN)c1)CC1CC1. The van der Waals surface area contributed by atoms with E-state index in [0.29, 0.717) is 5.56 Å². The number of hydrogen-bond acceptors (Lipinski definition) is 2. The van der Waals surface area contributed by atoms with E-state index in [1.54, 1.807) is 0 Å². The van der Waals surface area contributed by atoms with Crippen LogP contribution >= 0.6 is 0 Å². The molecule has 18 heavy (non-hydrogen) atoms. The van der Waals surface area contributed by atoms with Crippen molar-refractivity contribution < 1.29 is 4.39 Å². The molecule has 0 bridgehead atoms. The Labute approximate surface area is 108 Å². The van der Waals surface area contributed by atoms with Gasteiger partial charge in [0, 0.05) is 13.1 Å². The molecule has 0 aliphatic heterocycles. The van der Waals surface area contributed by atoms with Crippen molar-refractivity contribution in [1.82, 2.24) is 4.90 Å². The fraction of sp³-hybridized carbons (Fsp3) is 0.467. The van der Waals surface area contributed by atoms with Crippen LogP contribution in [0.3, 0.4) is 0 Å². The minimum atomic E-state index is -0.274. The molecule has 0 aromatic heterocycles. The monoisotopic (exact) mass is 246 g/mol. The first-order chi connectivity index (χ1) is 8.69. The minimum Gasteiger partial charge on any atom is -0.320 e. The van der Waals surface area contributed by atoms with Gasteiger partial charge in [-0.25, -0.2) is 4.39 Å². The lowest BCUT2D eigenvalue weighted by Gasteiger charge is -2.16. The summed E-state index contributed by atoms with van der Waals surface area (Å²) < 4.78 is 13.5. The molecule has 0 heterocycles. The predicted octanol–water partition coefficient (Wildman–Crippen LogP) is 1.98. The third-order valence-corrected chi connectivity index (χ3v) is 3.08. The molecule has 0 radical (unpaired) electrons. The molecule has 1 aromatic rings. The van der Waals surface area contributed by atoms with Gasteiger partial charge in [-0.15, -0.1) is 0 Å². The maximum absolute atomic E-state index is 13.5. The molecule has 0 amide bonds. The zero-order chi connectivity index (χ0) is 13.0. The first kappa shape index (κ1) is 13.1. The molecule has 1 saturated carbocycles. The van der Waals surface area contributed by atoms with Gasteiger partial charge in [0.2, 0.25) is 0 Å². The Balaban J connectivity index is 2.03. The molecule has 0 atom stereocenters. The molecule has 1 aromatic carbocycles. The minimum absolute atomic E-state index is 0.255. The van der Waals surface area contributed by atoms with Crippen molar-refractivity contribution in [2.24, 2.45) is 11.7 Å². The van der Waals surface area contributed by atoms with Crippen molar-refractivity contribution in [1.29, 1.82) is 0 Å². The average molecular weight is 246 g/mol. The summed E-state index contributed by atoms with van der Waals surface area (Å²) in [6, 6.07) is 5.13. The summed E-state index contributed by atoms with van der Waals surface area (Å²) in [6.45, 7) is 2.22. The second-order valence-corrected chi connectivity index (χ2v) is 4.96. The number of benzene rings is 1. The van der Waals surface area contributed by atoms with Crippen LogP contribution in [0.25, 0.3) is 0 Å². The summed E-state index contributed by atoms with van der Waals surface area (Å²) >= 11 is 0. The average Bonchev–Trinajstić information content (AvgIpc) is 3.13. The van der Waals surface area contributed by atoms with Crippen LogP contribution in [-0.4, -0.2) is 25.0 Å². The van der Waals surface area contributed by atoms with E-state index in [0.717, 1.165) is 24.6 Å². The zero-order valence-corrected chi connectivity index (χ0v) is 10.7. The lowest BCUT2D eigenvalue weighted by molar-refractivity contribution is 0.313. The van der Waals surface area contributed by atoms with Gasteiger partial charge < -0.3 is 10.6 Å². The van der Waals surface area contributed by atoms with Gasteiger partial charge in [0.25, 0.3) is 0 Å². The van der Waals surface area contributed by atoms with E-state index >= 15 is 0 Å². The summed E-state index contributed by atoms with van der Waals surface area (Å²) in [5.41, 5.74) is 6.84. The second kappa shape index (κ2) is 5.99. The van der Waals surface area contributed by atoms with Gasteiger partial charge in [-0.1, -0.05) is 17.9 Å². The van der Waals surface area contributed by atoms with E-state index in [2.05, 4.69) is 23.8 Å². The normalized spacial score (nSPS) is 14.4. The molecule has 2 N–H and O–H groups in total. The Morgan fingerprint density at radius 2 is 2.22 bits per heavy atom. The van der Waals surface area contributed by atoms with E-state index in [1.165, 1.54) is 18.9 Å². The molecule has 1 fully saturated rings. The molecular weight excluding hydrogens is 227 g/mol. The standard InChI is InChI=1S/C15H19FN2/c1-18(10-12-4-5-12)11-13-6-7-15(16)14(9-13)3-2-8-17/h6-7,9,12H,4-5,8,10-11,17H2,1H3. The molecular formula is C15H19FN2. The van der Waals surface area contributed by atoms with Crippen molar-refractivity contribution >= 4 is 0 Å². The van der Waals surface area contributed by atoms with E-state index < -0.39 is 0 Å². The highest BCUT2D eigenvalue weighted by Gasteiger charge is 2.22. The zero-order valence-electron chi connectivity index (χ0n) is 10.7. The topological polar surface area (TPSA) is 29.3 Å². The van der Waals surface area contributed by atoms with Crippen molar-refractivity contribution in [3.8, 4) is 11.8 Å². The summed E-state index contributed by atoms with van der Waals surface area (Å²) in [6.07, 6.45) is 2.70. The molecule has 2 rings (SSSR count). The lowest BCUT2D eigenvalue weighted by Crippen LogP contribution is -2.20. The van der Waals surface area contributed by atoms with Gasteiger partial charge >= 0.3 is 0 Å². The number of halogens is 1. The number of rotatable bonds is 4. The number of nitrogens with zero attached hydrogens (tertiary/aromatic N) is 1. The van der Waals surface area contributed by atoms with E-state index in [1.807, 2.05) is 12.1 Å². The predicted molar refractivity (Wildman–Crippen MR) is 71.4 cm³/mol. The van der Waals surface area contributed by atoms with Crippen LogP contribution in [0.1, 0.15) is 24.0 Å². The third-order valence-electron chi connectivity index (χ3n) is 3.08. The molecule has 96 valence electrons. The first-order valence-corrected chi connectivity index (χ1v) is 6.35. The number of nitrogens with two attached hydrogens (primary N) is 1. The van der Waals surface area contributed by atoms with Crippen LogP contribution < -0.4 is 5.73 Å².